The van der Waals surface area contributed by atoms with Crippen LogP contribution in [0.25, 0.3) is 0 Å². The number of methoxy groups -OCH3 is 1. The molecule has 8 nitrogen and oxygen atoms in total. The molecule has 0 aromatic heterocycles. The Kier molecular flexibility index (Phi) is 6.71. The summed E-state index contributed by atoms with van der Waals surface area (Å²) >= 11 is 3.43. The monoisotopic (exact) mass is 463 g/mol. The number of ether oxygens (including phenoxy) is 2. The summed E-state index contributed by atoms with van der Waals surface area (Å²) in [5.74, 6) is 0.322. The highest BCUT2D eigenvalue weighted by Crippen LogP contribution is 2.31. The van der Waals surface area contributed by atoms with E-state index in [0.717, 1.165) is 10.0 Å². The maximum absolute atomic E-state index is 12.7. The van der Waals surface area contributed by atoms with Gasteiger partial charge in [-0.1, -0.05) is 6.07 Å². The number of carbonyl (C=O) groups is 1. The molecule has 0 radical (unpaired) electrons. The van der Waals surface area contributed by atoms with Crippen molar-refractivity contribution < 1.29 is 19.2 Å². The lowest BCUT2D eigenvalue weighted by atomic mass is 10.1. The molecule has 154 valence electrons. The second-order valence-electron chi connectivity index (χ2n) is 6.65. The third kappa shape index (κ3) is 4.86. The standard InChI is InChI=1S/C20H22BrN3O5/c1-13(14-4-6-19(28-2)16(21)11-14)22-20(25)15-3-5-17(18(12-15)24(26)27)23-7-9-29-10-8-23/h3-6,11-13H,7-10H2,1-2H3,(H,22,25). The van der Waals surface area contributed by atoms with Gasteiger partial charge in [-0.25, -0.2) is 0 Å². The molecule has 0 bridgehead atoms. The highest BCUT2D eigenvalue weighted by atomic mass is 79.9. The number of hydrogen-bond donors (Lipinski definition) is 1. The summed E-state index contributed by atoms with van der Waals surface area (Å²) in [5, 5.41) is 14.5. The second kappa shape index (κ2) is 9.23. The Morgan fingerprint density at radius 3 is 2.62 bits per heavy atom. The van der Waals surface area contributed by atoms with E-state index in [1.807, 2.05) is 30.0 Å². The molecular formula is C20H22BrN3O5. The Bertz CT molecular complexity index is 915. The number of rotatable bonds is 6. The fourth-order valence-electron chi connectivity index (χ4n) is 3.20. The van der Waals surface area contributed by atoms with Crippen molar-refractivity contribution in [3.63, 3.8) is 0 Å². The van der Waals surface area contributed by atoms with Crippen LogP contribution in [0.5, 0.6) is 5.75 Å². The first-order valence-electron chi connectivity index (χ1n) is 9.16. The van der Waals surface area contributed by atoms with Crippen LogP contribution in [0.2, 0.25) is 0 Å². The van der Waals surface area contributed by atoms with Crippen molar-refractivity contribution >= 4 is 33.2 Å². The summed E-state index contributed by atoms with van der Waals surface area (Å²) in [6.07, 6.45) is 0. The van der Waals surface area contributed by atoms with Crippen molar-refractivity contribution in [2.24, 2.45) is 0 Å². The average Bonchev–Trinajstić information content (AvgIpc) is 2.73. The molecule has 0 saturated carbocycles. The van der Waals surface area contributed by atoms with Crippen molar-refractivity contribution in [3.8, 4) is 5.75 Å². The number of benzene rings is 2. The molecule has 1 N–H and O–H groups in total. The lowest BCUT2D eigenvalue weighted by Crippen LogP contribution is -2.36. The Balaban J connectivity index is 1.78. The van der Waals surface area contributed by atoms with E-state index in [0.29, 0.717) is 37.7 Å². The van der Waals surface area contributed by atoms with Crippen LogP contribution in [0.3, 0.4) is 0 Å². The van der Waals surface area contributed by atoms with Crippen LogP contribution in [-0.2, 0) is 4.74 Å². The van der Waals surface area contributed by atoms with E-state index in [-0.39, 0.29) is 23.2 Å². The summed E-state index contributed by atoms with van der Waals surface area (Å²) in [6.45, 7) is 4.05. The fourth-order valence-corrected chi connectivity index (χ4v) is 3.76. The van der Waals surface area contributed by atoms with E-state index in [4.69, 9.17) is 9.47 Å². The molecule has 0 aliphatic carbocycles. The summed E-state index contributed by atoms with van der Waals surface area (Å²) in [5.41, 5.74) is 1.54. The van der Waals surface area contributed by atoms with Crippen LogP contribution < -0.4 is 15.0 Å². The number of amides is 1. The first kappa shape index (κ1) is 21.1. The van der Waals surface area contributed by atoms with Gasteiger partial charge < -0.3 is 19.7 Å². The molecule has 1 saturated heterocycles. The summed E-state index contributed by atoms with van der Waals surface area (Å²) in [7, 11) is 1.58. The van der Waals surface area contributed by atoms with Gasteiger partial charge in [-0.2, -0.15) is 0 Å². The van der Waals surface area contributed by atoms with Crippen LogP contribution in [0.4, 0.5) is 11.4 Å². The zero-order chi connectivity index (χ0) is 21.0. The van der Waals surface area contributed by atoms with E-state index >= 15 is 0 Å². The van der Waals surface area contributed by atoms with E-state index in [9.17, 15) is 14.9 Å². The molecule has 0 spiro atoms. The van der Waals surface area contributed by atoms with E-state index in [1.165, 1.54) is 6.07 Å². The lowest BCUT2D eigenvalue weighted by molar-refractivity contribution is -0.384. The summed E-state index contributed by atoms with van der Waals surface area (Å²) < 4.78 is 11.3. The van der Waals surface area contributed by atoms with E-state index < -0.39 is 4.92 Å². The minimum Gasteiger partial charge on any atom is -0.496 e. The van der Waals surface area contributed by atoms with Crippen molar-refractivity contribution in [3.05, 3.63) is 62.1 Å². The number of nitro groups is 1. The molecule has 1 fully saturated rings. The third-order valence-corrected chi connectivity index (χ3v) is 5.43. The predicted molar refractivity (Wildman–Crippen MR) is 113 cm³/mol. The van der Waals surface area contributed by atoms with Crippen LogP contribution >= 0.6 is 15.9 Å². The molecule has 2 aromatic rings. The van der Waals surface area contributed by atoms with E-state index in [2.05, 4.69) is 21.2 Å². The second-order valence-corrected chi connectivity index (χ2v) is 7.50. The van der Waals surface area contributed by atoms with Gasteiger partial charge in [0, 0.05) is 24.7 Å². The number of carbonyl (C=O) groups excluding carboxylic acids is 1. The van der Waals surface area contributed by atoms with Gasteiger partial charge in [0.05, 0.1) is 35.8 Å². The van der Waals surface area contributed by atoms with E-state index in [1.54, 1.807) is 19.2 Å². The molecule has 1 unspecified atom stereocenters. The van der Waals surface area contributed by atoms with Crippen molar-refractivity contribution in [2.45, 2.75) is 13.0 Å². The molecule has 3 rings (SSSR count). The maximum Gasteiger partial charge on any atom is 0.293 e. The number of nitrogens with zero attached hydrogens (tertiary/aromatic N) is 2. The number of nitrogens with one attached hydrogen (secondary N) is 1. The normalized spacial score (nSPS) is 14.9. The van der Waals surface area contributed by atoms with Gasteiger partial charge in [-0.05, 0) is 52.7 Å². The largest absolute Gasteiger partial charge is 0.496 e. The number of morpholine rings is 1. The van der Waals surface area contributed by atoms with Crippen LogP contribution in [-0.4, -0.2) is 44.2 Å². The third-order valence-electron chi connectivity index (χ3n) is 4.81. The molecule has 1 amide bonds. The zero-order valence-corrected chi connectivity index (χ0v) is 17.8. The summed E-state index contributed by atoms with van der Waals surface area (Å²) in [6, 6.07) is 9.83. The Morgan fingerprint density at radius 1 is 1.28 bits per heavy atom. The SMILES string of the molecule is COc1ccc(C(C)NC(=O)c2ccc(N3CCOCC3)c([N+](=O)[O-])c2)cc1Br. The molecule has 1 heterocycles. The molecule has 9 heteroatoms. The fraction of sp³-hybridized carbons (Fsp3) is 0.350. The molecular weight excluding hydrogens is 442 g/mol. The van der Waals surface area contributed by atoms with Gasteiger partial charge in [-0.3, -0.25) is 14.9 Å². The molecule has 1 aliphatic rings. The first-order valence-corrected chi connectivity index (χ1v) is 9.95. The van der Waals surface area contributed by atoms with Crippen LogP contribution in [0.1, 0.15) is 28.9 Å². The highest BCUT2D eigenvalue weighted by Gasteiger charge is 2.24. The Hall–Kier alpha value is -2.65. The molecule has 1 aliphatic heterocycles. The predicted octanol–water partition coefficient (Wildman–Crippen LogP) is 3.69. The quantitative estimate of drug-likeness (QED) is 0.518. The topological polar surface area (TPSA) is 93.9 Å². The van der Waals surface area contributed by atoms with Crippen LogP contribution in [0, 0.1) is 10.1 Å². The van der Waals surface area contributed by atoms with Crippen LogP contribution in [0.15, 0.2) is 40.9 Å². The van der Waals surface area contributed by atoms with Gasteiger partial charge in [0.2, 0.25) is 0 Å². The molecule has 2 aromatic carbocycles. The van der Waals surface area contributed by atoms with Gasteiger partial charge in [0.1, 0.15) is 11.4 Å². The molecule has 1 atom stereocenters. The Labute approximate surface area is 177 Å². The highest BCUT2D eigenvalue weighted by molar-refractivity contribution is 9.10. The minimum absolute atomic E-state index is 0.0839. The van der Waals surface area contributed by atoms with Crippen molar-refractivity contribution in [1.29, 1.82) is 0 Å². The van der Waals surface area contributed by atoms with Gasteiger partial charge >= 0.3 is 0 Å². The average molecular weight is 464 g/mol. The number of halogens is 1. The minimum atomic E-state index is -0.453. The number of anilines is 1. The molecule has 29 heavy (non-hydrogen) atoms. The lowest BCUT2D eigenvalue weighted by Gasteiger charge is -2.28. The van der Waals surface area contributed by atoms with Crippen molar-refractivity contribution in [1.82, 2.24) is 5.32 Å². The Morgan fingerprint density at radius 2 is 2.00 bits per heavy atom. The van der Waals surface area contributed by atoms with Gasteiger partial charge in [0.25, 0.3) is 11.6 Å². The first-order chi connectivity index (χ1) is 13.9. The summed E-state index contributed by atoms with van der Waals surface area (Å²) in [4.78, 5) is 25.7. The maximum atomic E-state index is 12.7. The zero-order valence-electron chi connectivity index (χ0n) is 16.2. The smallest absolute Gasteiger partial charge is 0.293 e. The van der Waals surface area contributed by atoms with Gasteiger partial charge in [0.15, 0.2) is 0 Å². The number of nitro benzene ring substituents is 1. The van der Waals surface area contributed by atoms with Crippen molar-refractivity contribution in [2.75, 3.05) is 38.3 Å². The number of hydrogen-bond acceptors (Lipinski definition) is 6. The van der Waals surface area contributed by atoms with Gasteiger partial charge in [-0.15, -0.1) is 0 Å².